The fraction of sp³-hybridized carbons (Fsp3) is 0.353. The SMILES string of the molecule is CCOC(=O)c1cc(N)nc(NC(=O)NS(=O)(=O)c2cc(C)c(CCOC)s2)c1. The van der Waals surface area contributed by atoms with Crippen LogP contribution in [0.2, 0.25) is 0 Å². The van der Waals surface area contributed by atoms with Gasteiger partial charge in [0.1, 0.15) is 15.8 Å². The molecule has 0 fully saturated rings. The number of hydrogen-bond acceptors (Lipinski definition) is 9. The lowest BCUT2D eigenvalue weighted by atomic mass is 10.2. The molecule has 0 aliphatic heterocycles. The van der Waals surface area contributed by atoms with E-state index in [0.717, 1.165) is 21.8 Å². The van der Waals surface area contributed by atoms with Crippen molar-refractivity contribution in [2.45, 2.75) is 24.5 Å². The van der Waals surface area contributed by atoms with Gasteiger partial charge in [-0.3, -0.25) is 5.32 Å². The van der Waals surface area contributed by atoms with Gasteiger partial charge in [-0.05, 0) is 37.6 Å². The minimum atomic E-state index is -4.09. The molecule has 4 N–H and O–H groups in total. The number of thiophene rings is 1. The van der Waals surface area contributed by atoms with E-state index in [-0.39, 0.29) is 28.0 Å². The van der Waals surface area contributed by atoms with Gasteiger partial charge in [0.05, 0.1) is 18.8 Å². The highest BCUT2D eigenvalue weighted by atomic mass is 32.2. The summed E-state index contributed by atoms with van der Waals surface area (Å²) in [5.74, 6) is -0.774. The lowest BCUT2D eigenvalue weighted by molar-refractivity contribution is 0.0526. The van der Waals surface area contributed by atoms with Crippen molar-refractivity contribution in [1.29, 1.82) is 0 Å². The summed E-state index contributed by atoms with van der Waals surface area (Å²) < 4.78 is 36.8. The van der Waals surface area contributed by atoms with E-state index in [1.165, 1.54) is 18.2 Å². The van der Waals surface area contributed by atoms with Crippen molar-refractivity contribution in [2.75, 3.05) is 31.4 Å². The third-order valence-electron chi connectivity index (χ3n) is 3.62. The van der Waals surface area contributed by atoms with E-state index in [1.807, 2.05) is 4.72 Å². The van der Waals surface area contributed by atoms with Gasteiger partial charge in [-0.1, -0.05) is 0 Å². The van der Waals surface area contributed by atoms with E-state index in [2.05, 4.69) is 10.3 Å². The third-order valence-corrected chi connectivity index (χ3v) is 6.72. The van der Waals surface area contributed by atoms with Crippen LogP contribution in [0.15, 0.2) is 22.4 Å². The lowest BCUT2D eigenvalue weighted by Crippen LogP contribution is -2.34. The summed E-state index contributed by atoms with van der Waals surface area (Å²) in [7, 11) is -2.53. The molecule has 10 nitrogen and oxygen atoms in total. The first-order valence-corrected chi connectivity index (χ1v) is 10.8. The van der Waals surface area contributed by atoms with Crippen molar-refractivity contribution in [2.24, 2.45) is 0 Å². The van der Waals surface area contributed by atoms with E-state index in [4.69, 9.17) is 15.2 Å². The number of sulfonamides is 1. The standard InChI is InChI=1S/C17H22N4O6S2/c1-4-27-16(22)11-8-13(18)19-14(9-11)20-17(23)21-29(24,25)15-7-10(2)12(28-15)5-6-26-3/h7-9H,4-6H2,1-3H3,(H4,18,19,20,21,23). The Morgan fingerprint density at radius 1 is 1.28 bits per heavy atom. The summed E-state index contributed by atoms with van der Waals surface area (Å²) in [6.07, 6.45) is 0.568. The fourth-order valence-corrected chi connectivity index (χ4v) is 4.80. The number of carbonyl (C=O) groups is 2. The molecule has 0 aliphatic rings. The van der Waals surface area contributed by atoms with Gasteiger partial charge in [0.2, 0.25) is 0 Å². The average Bonchev–Trinajstić information content (AvgIpc) is 3.00. The number of anilines is 2. The van der Waals surface area contributed by atoms with Crippen LogP contribution in [0.25, 0.3) is 0 Å². The fourth-order valence-electron chi connectivity index (χ4n) is 2.33. The number of nitrogens with zero attached hydrogens (tertiary/aromatic N) is 1. The van der Waals surface area contributed by atoms with Crippen molar-refractivity contribution in [1.82, 2.24) is 9.71 Å². The number of ether oxygens (including phenoxy) is 2. The molecule has 158 valence electrons. The number of esters is 1. The third kappa shape index (κ3) is 6.14. The summed E-state index contributed by atoms with van der Waals surface area (Å²) in [5, 5.41) is 2.26. The highest BCUT2D eigenvalue weighted by Crippen LogP contribution is 2.26. The van der Waals surface area contributed by atoms with Gasteiger partial charge < -0.3 is 15.2 Å². The van der Waals surface area contributed by atoms with Crippen molar-refractivity contribution < 1.29 is 27.5 Å². The Morgan fingerprint density at radius 3 is 2.66 bits per heavy atom. The molecule has 0 radical (unpaired) electrons. The number of amides is 2. The van der Waals surface area contributed by atoms with Crippen LogP contribution in [0, 0.1) is 6.92 Å². The zero-order valence-electron chi connectivity index (χ0n) is 16.1. The number of hydrogen-bond donors (Lipinski definition) is 3. The van der Waals surface area contributed by atoms with Gasteiger partial charge in [0, 0.05) is 18.4 Å². The molecule has 12 heteroatoms. The van der Waals surface area contributed by atoms with E-state index < -0.39 is 22.0 Å². The second-order valence-corrected chi connectivity index (χ2v) is 8.91. The highest BCUT2D eigenvalue weighted by Gasteiger charge is 2.22. The molecule has 0 saturated heterocycles. The molecule has 0 spiro atoms. The minimum absolute atomic E-state index is 0.00370. The van der Waals surface area contributed by atoms with E-state index in [0.29, 0.717) is 13.0 Å². The zero-order chi connectivity index (χ0) is 21.6. The van der Waals surface area contributed by atoms with Crippen molar-refractivity contribution in [3.8, 4) is 0 Å². The molecule has 0 atom stereocenters. The van der Waals surface area contributed by atoms with Crippen molar-refractivity contribution in [3.63, 3.8) is 0 Å². The molecule has 2 heterocycles. The molecule has 0 aliphatic carbocycles. The first-order chi connectivity index (χ1) is 13.7. The molecule has 0 unspecified atom stereocenters. The van der Waals surface area contributed by atoms with Gasteiger partial charge in [0.15, 0.2) is 0 Å². The van der Waals surface area contributed by atoms with Crippen LogP contribution < -0.4 is 15.8 Å². The predicted octanol–water partition coefficient (Wildman–Crippen LogP) is 1.91. The maximum Gasteiger partial charge on any atom is 0.338 e. The van der Waals surface area contributed by atoms with Gasteiger partial charge >= 0.3 is 12.0 Å². The Balaban J connectivity index is 2.13. The molecule has 0 saturated carbocycles. The average molecular weight is 443 g/mol. The number of nitrogens with one attached hydrogen (secondary N) is 2. The van der Waals surface area contributed by atoms with Crippen molar-refractivity contribution >= 4 is 45.0 Å². The van der Waals surface area contributed by atoms with E-state index in [9.17, 15) is 18.0 Å². The number of rotatable bonds is 8. The molecule has 0 aromatic carbocycles. The largest absolute Gasteiger partial charge is 0.462 e. The molecule has 2 amide bonds. The number of methoxy groups -OCH3 is 1. The Labute approximate surface area is 172 Å². The summed E-state index contributed by atoms with van der Waals surface area (Å²) in [4.78, 5) is 28.7. The van der Waals surface area contributed by atoms with Crippen LogP contribution in [0.4, 0.5) is 16.4 Å². The molecule has 2 rings (SSSR count). The quantitative estimate of drug-likeness (QED) is 0.525. The van der Waals surface area contributed by atoms with Crippen LogP contribution in [0.3, 0.4) is 0 Å². The summed E-state index contributed by atoms with van der Waals surface area (Å²) in [6, 6.07) is 2.97. The maximum atomic E-state index is 12.5. The Kier molecular flexibility index (Phi) is 7.53. The predicted molar refractivity (Wildman–Crippen MR) is 109 cm³/mol. The Morgan fingerprint density at radius 2 is 2.00 bits per heavy atom. The van der Waals surface area contributed by atoms with E-state index in [1.54, 1.807) is 21.0 Å². The van der Waals surface area contributed by atoms with E-state index >= 15 is 0 Å². The second kappa shape index (κ2) is 9.67. The van der Waals surface area contributed by atoms with Gasteiger partial charge in [0.25, 0.3) is 10.0 Å². The molecule has 2 aromatic rings. The number of aryl methyl sites for hydroxylation is 1. The highest BCUT2D eigenvalue weighted by molar-refractivity contribution is 7.92. The minimum Gasteiger partial charge on any atom is -0.462 e. The Hall–Kier alpha value is -2.70. The van der Waals surface area contributed by atoms with Crippen LogP contribution >= 0.6 is 11.3 Å². The van der Waals surface area contributed by atoms with Gasteiger partial charge in [-0.15, -0.1) is 11.3 Å². The number of urea groups is 1. The lowest BCUT2D eigenvalue weighted by Gasteiger charge is -2.09. The molecule has 29 heavy (non-hydrogen) atoms. The monoisotopic (exact) mass is 442 g/mol. The van der Waals surface area contributed by atoms with Crippen LogP contribution in [-0.2, 0) is 25.9 Å². The number of nitrogens with two attached hydrogens (primary N) is 1. The van der Waals surface area contributed by atoms with Gasteiger partial charge in [-0.2, -0.15) is 0 Å². The zero-order valence-corrected chi connectivity index (χ0v) is 17.8. The maximum absolute atomic E-state index is 12.5. The van der Waals surface area contributed by atoms with Gasteiger partial charge in [-0.25, -0.2) is 27.7 Å². The normalized spacial score (nSPS) is 11.1. The number of carbonyl (C=O) groups excluding carboxylic acids is 2. The van der Waals surface area contributed by atoms with Crippen LogP contribution in [-0.4, -0.2) is 45.7 Å². The molecule has 0 bridgehead atoms. The second-order valence-electron chi connectivity index (χ2n) is 5.86. The summed E-state index contributed by atoms with van der Waals surface area (Å²) in [5.41, 5.74) is 6.50. The van der Waals surface area contributed by atoms with Crippen LogP contribution in [0.5, 0.6) is 0 Å². The number of nitrogen functional groups attached to an aromatic ring is 1. The smallest absolute Gasteiger partial charge is 0.338 e. The first kappa shape index (κ1) is 22.6. The number of aromatic nitrogens is 1. The molecular weight excluding hydrogens is 420 g/mol. The topological polar surface area (TPSA) is 150 Å². The summed E-state index contributed by atoms with van der Waals surface area (Å²) >= 11 is 1.06. The van der Waals surface area contributed by atoms with Crippen molar-refractivity contribution in [3.05, 3.63) is 34.2 Å². The Bertz CT molecular complexity index is 1000. The number of pyridine rings is 1. The molecule has 2 aromatic heterocycles. The molecular formula is C17H22N4O6S2. The first-order valence-electron chi connectivity index (χ1n) is 8.53. The van der Waals surface area contributed by atoms with Crippen LogP contribution in [0.1, 0.15) is 27.7 Å². The summed E-state index contributed by atoms with van der Waals surface area (Å²) in [6.45, 7) is 4.05.